The van der Waals surface area contributed by atoms with Crippen molar-refractivity contribution in [2.24, 2.45) is 5.92 Å². The number of unbranched alkanes of at least 4 members (excludes halogenated alkanes) is 2. The van der Waals surface area contributed by atoms with Gasteiger partial charge in [-0.1, -0.05) is 65.0 Å². The van der Waals surface area contributed by atoms with E-state index in [4.69, 9.17) is 0 Å². The summed E-state index contributed by atoms with van der Waals surface area (Å²) in [5, 5.41) is 0. The molecule has 0 fully saturated rings. The third-order valence-corrected chi connectivity index (χ3v) is 2.63. The highest BCUT2D eigenvalue weighted by molar-refractivity contribution is 4.83. The first-order valence-electron chi connectivity index (χ1n) is 6.00. The van der Waals surface area contributed by atoms with E-state index in [2.05, 4.69) is 32.9 Å². The standard InChI is InChI=1S/C13H26/c1-4-7-9-10-12-13(6-3)11-8-5-2/h9-10,13H,4-8,11-12H2,1-3H3. The fourth-order valence-corrected chi connectivity index (χ4v) is 1.55. The summed E-state index contributed by atoms with van der Waals surface area (Å²) in [7, 11) is 0. The van der Waals surface area contributed by atoms with Gasteiger partial charge in [-0.2, -0.15) is 0 Å². The molecule has 1 atom stereocenters. The van der Waals surface area contributed by atoms with Crippen LogP contribution in [0.4, 0.5) is 0 Å². The van der Waals surface area contributed by atoms with Crippen molar-refractivity contribution in [1.29, 1.82) is 0 Å². The van der Waals surface area contributed by atoms with Gasteiger partial charge >= 0.3 is 0 Å². The lowest BCUT2D eigenvalue weighted by molar-refractivity contribution is 0.456. The van der Waals surface area contributed by atoms with Crippen molar-refractivity contribution in [3.8, 4) is 0 Å². The van der Waals surface area contributed by atoms with Crippen LogP contribution in [0.25, 0.3) is 0 Å². The Kier molecular flexibility index (Phi) is 9.63. The van der Waals surface area contributed by atoms with E-state index in [1.54, 1.807) is 0 Å². The SMILES string of the molecule is CCCC=CCC(CC)CCCC. The summed E-state index contributed by atoms with van der Waals surface area (Å²) in [4.78, 5) is 0. The molecule has 0 heterocycles. The summed E-state index contributed by atoms with van der Waals surface area (Å²) < 4.78 is 0. The summed E-state index contributed by atoms with van der Waals surface area (Å²) in [6.07, 6.45) is 14.1. The van der Waals surface area contributed by atoms with Crippen LogP contribution in [0.1, 0.15) is 65.7 Å². The molecule has 0 amide bonds. The molecular formula is C13H26. The number of hydrogen-bond donors (Lipinski definition) is 0. The van der Waals surface area contributed by atoms with Gasteiger partial charge in [0.15, 0.2) is 0 Å². The minimum absolute atomic E-state index is 0.938. The Morgan fingerprint density at radius 3 is 2.31 bits per heavy atom. The summed E-state index contributed by atoms with van der Waals surface area (Å²) >= 11 is 0. The Labute approximate surface area is 84.4 Å². The molecule has 0 radical (unpaired) electrons. The maximum atomic E-state index is 2.38. The second-order valence-electron chi connectivity index (χ2n) is 3.91. The lowest BCUT2D eigenvalue weighted by Gasteiger charge is -2.10. The highest BCUT2D eigenvalue weighted by Crippen LogP contribution is 2.17. The largest absolute Gasteiger partial charge is 0.0885 e. The van der Waals surface area contributed by atoms with Crippen LogP contribution in [0.2, 0.25) is 0 Å². The maximum Gasteiger partial charge on any atom is -0.0322 e. The van der Waals surface area contributed by atoms with Gasteiger partial charge in [0.25, 0.3) is 0 Å². The third kappa shape index (κ3) is 8.08. The molecule has 0 aromatic carbocycles. The maximum absolute atomic E-state index is 2.38. The fraction of sp³-hybridized carbons (Fsp3) is 0.846. The zero-order valence-electron chi connectivity index (χ0n) is 9.68. The van der Waals surface area contributed by atoms with Crippen LogP contribution < -0.4 is 0 Å². The molecule has 0 aromatic heterocycles. The van der Waals surface area contributed by atoms with E-state index in [-0.39, 0.29) is 0 Å². The lowest BCUT2D eigenvalue weighted by atomic mass is 9.95. The number of rotatable bonds is 8. The molecule has 0 aliphatic carbocycles. The Bertz CT molecular complexity index is 113. The molecule has 0 bridgehead atoms. The molecule has 0 saturated carbocycles. The van der Waals surface area contributed by atoms with Crippen molar-refractivity contribution < 1.29 is 0 Å². The van der Waals surface area contributed by atoms with Crippen LogP contribution in [0.3, 0.4) is 0 Å². The van der Waals surface area contributed by atoms with Gasteiger partial charge in [0.1, 0.15) is 0 Å². The molecule has 0 aliphatic rings. The molecule has 0 spiro atoms. The van der Waals surface area contributed by atoms with Crippen molar-refractivity contribution in [3.05, 3.63) is 12.2 Å². The Morgan fingerprint density at radius 2 is 1.77 bits per heavy atom. The predicted octanol–water partition coefficient (Wildman–Crippen LogP) is 4.95. The monoisotopic (exact) mass is 182 g/mol. The quantitative estimate of drug-likeness (QED) is 0.466. The minimum atomic E-state index is 0.938. The molecule has 0 nitrogen and oxygen atoms in total. The zero-order valence-corrected chi connectivity index (χ0v) is 9.68. The van der Waals surface area contributed by atoms with E-state index in [0.717, 1.165) is 5.92 Å². The van der Waals surface area contributed by atoms with Crippen LogP contribution in [-0.2, 0) is 0 Å². The third-order valence-electron chi connectivity index (χ3n) is 2.63. The van der Waals surface area contributed by atoms with Gasteiger partial charge in [0.2, 0.25) is 0 Å². The van der Waals surface area contributed by atoms with Crippen molar-refractivity contribution >= 4 is 0 Å². The second-order valence-corrected chi connectivity index (χ2v) is 3.91. The topological polar surface area (TPSA) is 0 Å². The van der Waals surface area contributed by atoms with Gasteiger partial charge in [0, 0.05) is 0 Å². The highest BCUT2D eigenvalue weighted by atomic mass is 14.1. The minimum Gasteiger partial charge on any atom is -0.0885 e. The first kappa shape index (κ1) is 12.7. The van der Waals surface area contributed by atoms with Crippen molar-refractivity contribution in [2.45, 2.75) is 65.7 Å². The van der Waals surface area contributed by atoms with Gasteiger partial charge in [-0.25, -0.2) is 0 Å². The molecule has 0 N–H and O–H groups in total. The number of hydrogen-bond acceptors (Lipinski definition) is 0. The van der Waals surface area contributed by atoms with Crippen LogP contribution in [0.5, 0.6) is 0 Å². The Hall–Kier alpha value is -0.260. The normalized spacial score (nSPS) is 13.8. The van der Waals surface area contributed by atoms with E-state index < -0.39 is 0 Å². The Balaban J connectivity index is 3.46. The molecule has 0 heteroatoms. The van der Waals surface area contributed by atoms with E-state index >= 15 is 0 Å². The predicted molar refractivity (Wildman–Crippen MR) is 62.0 cm³/mol. The molecule has 13 heavy (non-hydrogen) atoms. The van der Waals surface area contributed by atoms with Crippen LogP contribution in [0.15, 0.2) is 12.2 Å². The molecule has 0 saturated heterocycles. The van der Waals surface area contributed by atoms with Gasteiger partial charge < -0.3 is 0 Å². The zero-order chi connectivity index (χ0) is 9.94. The van der Waals surface area contributed by atoms with E-state index in [1.165, 1.54) is 44.9 Å². The summed E-state index contributed by atoms with van der Waals surface area (Å²) in [6.45, 7) is 6.83. The molecule has 0 rings (SSSR count). The van der Waals surface area contributed by atoms with Crippen molar-refractivity contribution in [2.75, 3.05) is 0 Å². The van der Waals surface area contributed by atoms with Crippen molar-refractivity contribution in [1.82, 2.24) is 0 Å². The van der Waals surface area contributed by atoms with E-state index in [0.29, 0.717) is 0 Å². The average molecular weight is 182 g/mol. The number of allylic oxidation sites excluding steroid dienone is 2. The van der Waals surface area contributed by atoms with Crippen LogP contribution in [-0.4, -0.2) is 0 Å². The molecule has 0 aliphatic heterocycles. The van der Waals surface area contributed by atoms with Crippen molar-refractivity contribution in [3.63, 3.8) is 0 Å². The van der Waals surface area contributed by atoms with Crippen LogP contribution >= 0.6 is 0 Å². The summed E-state index contributed by atoms with van der Waals surface area (Å²) in [5.74, 6) is 0.938. The summed E-state index contributed by atoms with van der Waals surface area (Å²) in [5.41, 5.74) is 0. The fourth-order valence-electron chi connectivity index (χ4n) is 1.55. The Morgan fingerprint density at radius 1 is 1.00 bits per heavy atom. The first-order valence-corrected chi connectivity index (χ1v) is 6.00. The van der Waals surface area contributed by atoms with Gasteiger partial charge in [0.05, 0.1) is 0 Å². The van der Waals surface area contributed by atoms with E-state index in [9.17, 15) is 0 Å². The smallest absolute Gasteiger partial charge is 0.0322 e. The second kappa shape index (κ2) is 9.83. The lowest BCUT2D eigenvalue weighted by Crippen LogP contribution is -1.96. The average Bonchev–Trinajstić information content (AvgIpc) is 2.17. The van der Waals surface area contributed by atoms with Crippen LogP contribution in [0, 0.1) is 5.92 Å². The molecule has 78 valence electrons. The molecule has 1 unspecified atom stereocenters. The first-order chi connectivity index (χ1) is 6.35. The van der Waals surface area contributed by atoms with E-state index in [1.807, 2.05) is 0 Å². The highest BCUT2D eigenvalue weighted by Gasteiger charge is 2.02. The molecular weight excluding hydrogens is 156 g/mol. The van der Waals surface area contributed by atoms with Gasteiger partial charge in [-0.15, -0.1) is 0 Å². The summed E-state index contributed by atoms with van der Waals surface area (Å²) in [6, 6.07) is 0. The van der Waals surface area contributed by atoms with Gasteiger partial charge in [-0.3, -0.25) is 0 Å². The van der Waals surface area contributed by atoms with Gasteiger partial charge in [-0.05, 0) is 18.8 Å². The molecule has 0 aromatic rings.